The van der Waals surface area contributed by atoms with Crippen molar-refractivity contribution in [3.8, 4) is 5.75 Å². The topological polar surface area (TPSA) is 38.5 Å². The maximum absolute atomic E-state index is 6.58. The quantitative estimate of drug-likeness (QED) is 0.808. The van der Waals surface area contributed by atoms with E-state index in [1.54, 1.807) is 7.11 Å². The molecule has 1 rings (SSSR count). The van der Waals surface area contributed by atoms with E-state index in [2.05, 4.69) is 37.8 Å². The highest BCUT2D eigenvalue weighted by atomic mass is 16.5. The number of ether oxygens (including phenoxy) is 1. The van der Waals surface area contributed by atoms with E-state index < -0.39 is 0 Å². The van der Waals surface area contributed by atoms with Crippen LogP contribution < -0.4 is 10.5 Å². The third-order valence-corrected chi connectivity index (χ3v) is 3.70. The van der Waals surface area contributed by atoms with E-state index >= 15 is 0 Å². The molecule has 0 aliphatic carbocycles. The molecule has 0 bridgehead atoms. The first-order valence-corrected chi connectivity index (χ1v) is 6.75. The van der Waals surface area contributed by atoms with Gasteiger partial charge in [0.1, 0.15) is 5.75 Å². The van der Waals surface area contributed by atoms with Crippen LogP contribution in [0.25, 0.3) is 0 Å². The normalized spacial score (nSPS) is 14.6. The van der Waals surface area contributed by atoms with Gasteiger partial charge in [-0.3, -0.25) is 0 Å². The van der Waals surface area contributed by atoms with E-state index in [1.807, 2.05) is 12.1 Å². The number of hydrogen-bond acceptors (Lipinski definition) is 3. The highest BCUT2D eigenvalue weighted by Crippen LogP contribution is 2.25. The van der Waals surface area contributed by atoms with Crippen LogP contribution in [0.1, 0.15) is 32.8 Å². The summed E-state index contributed by atoms with van der Waals surface area (Å²) in [5.74, 6) is 0.875. The average Bonchev–Trinajstić information content (AvgIpc) is 2.44. The summed E-state index contributed by atoms with van der Waals surface area (Å²) in [7, 11) is 1.68. The van der Waals surface area contributed by atoms with Crippen molar-refractivity contribution in [2.75, 3.05) is 26.7 Å². The number of rotatable bonds is 7. The summed E-state index contributed by atoms with van der Waals surface area (Å²) >= 11 is 0. The molecule has 1 atom stereocenters. The van der Waals surface area contributed by atoms with E-state index in [9.17, 15) is 0 Å². The molecular formula is C15H26N2O. The summed E-state index contributed by atoms with van der Waals surface area (Å²) in [4.78, 5) is 2.37. The monoisotopic (exact) mass is 250 g/mol. The van der Waals surface area contributed by atoms with Gasteiger partial charge in [0.2, 0.25) is 0 Å². The van der Waals surface area contributed by atoms with Gasteiger partial charge < -0.3 is 15.4 Å². The van der Waals surface area contributed by atoms with Crippen molar-refractivity contribution < 1.29 is 4.74 Å². The number of nitrogens with zero attached hydrogens (tertiary/aromatic N) is 1. The Bertz CT molecular complexity index is 346. The van der Waals surface area contributed by atoms with Gasteiger partial charge in [0.15, 0.2) is 0 Å². The second-order valence-corrected chi connectivity index (χ2v) is 4.70. The molecule has 0 radical (unpaired) electrons. The molecule has 1 aromatic carbocycles. The first-order valence-electron chi connectivity index (χ1n) is 6.75. The highest BCUT2D eigenvalue weighted by molar-refractivity contribution is 5.32. The second-order valence-electron chi connectivity index (χ2n) is 4.70. The molecule has 0 saturated heterocycles. The van der Waals surface area contributed by atoms with Gasteiger partial charge in [-0.05, 0) is 37.2 Å². The van der Waals surface area contributed by atoms with Crippen molar-refractivity contribution in [3.05, 3.63) is 29.8 Å². The lowest BCUT2D eigenvalue weighted by Crippen LogP contribution is -2.47. The predicted octanol–water partition coefficient (Wildman–Crippen LogP) is 2.60. The lowest BCUT2D eigenvalue weighted by atomic mass is 9.87. The largest absolute Gasteiger partial charge is 0.497 e. The van der Waals surface area contributed by atoms with Crippen LogP contribution in [-0.4, -0.2) is 31.6 Å². The van der Waals surface area contributed by atoms with Gasteiger partial charge in [-0.2, -0.15) is 0 Å². The number of methoxy groups -OCH3 is 1. The molecule has 2 N–H and O–H groups in total. The van der Waals surface area contributed by atoms with Crippen molar-refractivity contribution in [3.63, 3.8) is 0 Å². The van der Waals surface area contributed by atoms with E-state index in [0.717, 1.165) is 31.8 Å². The fraction of sp³-hybridized carbons (Fsp3) is 0.600. The molecule has 0 heterocycles. The van der Waals surface area contributed by atoms with Gasteiger partial charge >= 0.3 is 0 Å². The molecular weight excluding hydrogens is 224 g/mol. The maximum Gasteiger partial charge on any atom is 0.118 e. The van der Waals surface area contributed by atoms with Crippen molar-refractivity contribution in [1.82, 2.24) is 4.90 Å². The fourth-order valence-corrected chi connectivity index (χ4v) is 2.18. The van der Waals surface area contributed by atoms with Gasteiger partial charge in [0.05, 0.1) is 12.6 Å². The number of benzene rings is 1. The first kappa shape index (κ1) is 15.0. The number of hydrogen-bond donors (Lipinski definition) is 1. The number of likely N-dealkylation sites (N-methyl/N-ethyl adjacent to an activating group) is 1. The molecule has 18 heavy (non-hydrogen) atoms. The molecule has 0 aromatic heterocycles. The smallest absolute Gasteiger partial charge is 0.118 e. The van der Waals surface area contributed by atoms with Crippen LogP contribution in [0, 0.1) is 0 Å². The van der Waals surface area contributed by atoms with Crippen molar-refractivity contribution in [2.45, 2.75) is 32.7 Å². The predicted molar refractivity (Wildman–Crippen MR) is 76.9 cm³/mol. The van der Waals surface area contributed by atoms with Gasteiger partial charge in [-0.1, -0.05) is 32.9 Å². The molecule has 0 aliphatic heterocycles. The van der Waals surface area contributed by atoms with E-state index in [1.165, 1.54) is 5.56 Å². The molecule has 1 aromatic rings. The van der Waals surface area contributed by atoms with Crippen LogP contribution in [0.5, 0.6) is 5.75 Å². The summed E-state index contributed by atoms with van der Waals surface area (Å²) in [6, 6.07) is 8.11. The van der Waals surface area contributed by atoms with Crippen molar-refractivity contribution in [2.24, 2.45) is 5.73 Å². The maximum atomic E-state index is 6.58. The van der Waals surface area contributed by atoms with Gasteiger partial charge in [0, 0.05) is 6.54 Å². The third-order valence-electron chi connectivity index (χ3n) is 3.70. The molecule has 0 saturated carbocycles. The van der Waals surface area contributed by atoms with Crippen molar-refractivity contribution in [1.29, 1.82) is 0 Å². The standard InChI is InChI=1S/C15H26N2O/c1-5-15(16,12-17(6-2)7-3)13-8-10-14(18-4)11-9-13/h8-11H,5-7,12,16H2,1-4H3. The van der Waals surface area contributed by atoms with Crippen molar-refractivity contribution >= 4 is 0 Å². The van der Waals surface area contributed by atoms with E-state index in [-0.39, 0.29) is 5.54 Å². The summed E-state index contributed by atoms with van der Waals surface area (Å²) in [6.45, 7) is 9.45. The zero-order valence-corrected chi connectivity index (χ0v) is 12.1. The Morgan fingerprint density at radius 3 is 2.06 bits per heavy atom. The minimum absolute atomic E-state index is 0.279. The summed E-state index contributed by atoms with van der Waals surface area (Å²) < 4.78 is 5.19. The molecule has 0 aliphatic rings. The lowest BCUT2D eigenvalue weighted by Gasteiger charge is -2.34. The molecule has 0 amide bonds. The fourth-order valence-electron chi connectivity index (χ4n) is 2.18. The summed E-state index contributed by atoms with van der Waals surface area (Å²) in [5.41, 5.74) is 7.48. The Balaban J connectivity index is 2.91. The van der Waals surface area contributed by atoms with Gasteiger partial charge in [-0.25, -0.2) is 0 Å². The zero-order valence-electron chi connectivity index (χ0n) is 12.1. The minimum atomic E-state index is -0.279. The Kier molecular flexibility index (Phi) is 5.63. The zero-order chi connectivity index (χ0) is 13.6. The number of nitrogens with two attached hydrogens (primary N) is 1. The van der Waals surface area contributed by atoms with E-state index in [4.69, 9.17) is 10.5 Å². The van der Waals surface area contributed by atoms with Crippen LogP contribution >= 0.6 is 0 Å². The van der Waals surface area contributed by atoms with E-state index in [0.29, 0.717) is 0 Å². The Labute approximate surface area is 111 Å². The van der Waals surface area contributed by atoms with Gasteiger partial charge in [-0.15, -0.1) is 0 Å². The van der Waals surface area contributed by atoms with Gasteiger partial charge in [0.25, 0.3) is 0 Å². The third kappa shape index (κ3) is 3.47. The molecule has 0 fully saturated rings. The van der Waals surface area contributed by atoms with Crippen LogP contribution in [0.4, 0.5) is 0 Å². The molecule has 3 nitrogen and oxygen atoms in total. The molecule has 1 unspecified atom stereocenters. The molecule has 102 valence electrons. The van der Waals surface area contributed by atoms with Crippen LogP contribution in [0.3, 0.4) is 0 Å². The Morgan fingerprint density at radius 2 is 1.67 bits per heavy atom. The first-order chi connectivity index (χ1) is 8.59. The lowest BCUT2D eigenvalue weighted by molar-refractivity contribution is 0.221. The van der Waals surface area contributed by atoms with Crippen LogP contribution in [0.2, 0.25) is 0 Å². The van der Waals surface area contributed by atoms with Crippen LogP contribution in [-0.2, 0) is 5.54 Å². The molecule has 0 spiro atoms. The highest BCUT2D eigenvalue weighted by Gasteiger charge is 2.27. The Hall–Kier alpha value is -1.06. The summed E-state index contributed by atoms with van der Waals surface area (Å²) in [6.07, 6.45) is 0.926. The van der Waals surface area contributed by atoms with Crippen LogP contribution in [0.15, 0.2) is 24.3 Å². The minimum Gasteiger partial charge on any atom is -0.497 e. The Morgan fingerprint density at radius 1 is 1.11 bits per heavy atom. The summed E-state index contributed by atoms with van der Waals surface area (Å²) in [5, 5.41) is 0. The molecule has 3 heteroatoms. The SMILES string of the molecule is CCN(CC)CC(N)(CC)c1ccc(OC)cc1. The second kappa shape index (κ2) is 6.76. The average molecular weight is 250 g/mol.